The SMILES string of the molecule is C[C@@H]1OC1CCl. The topological polar surface area (TPSA) is 12.5 Å². The van der Waals surface area contributed by atoms with Gasteiger partial charge < -0.3 is 4.74 Å². The number of rotatable bonds is 1. The van der Waals surface area contributed by atoms with Crippen LogP contribution in [0.25, 0.3) is 0 Å². The highest BCUT2D eigenvalue weighted by molar-refractivity contribution is 6.18. The van der Waals surface area contributed by atoms with Crippen molar-refractivity contribution in [1.29, 1.82) is 0 Å². The maximum atomic E-state index is 5.37. The Morgan fingerprint density at radius 3 is 2.33 bits per heavy atom. The largest absolute Gasteiger partial charge is 0.369 e. The van der Waals surface area contributed by atoms with Crippen molar-refractivity contribution in [2.75, 3.05) is 5.88 Å². The van der Waals surface area contributed by atoms with Crippen LogP contribution in [0, 0.1) is 0 Å². The molecule has 1 aliphatic rings. The fourth-order valence-electron chi connectivity index (χ4n) is 0.392. The molecule has 0 aromatic carbocycles. The van der Waals surface area contributed by atoms with Gasteiger partial charge in [-0.15, -0.1) is 11.6 Å². The van der Waals surface area contributed by atoms with Gasteiger partial charge in [0.2, 0.25) is 0 Å². The summed E-state index contributed by atoms with van der Waals surface area (Å²) in [6.07, 6.45) is 0.800. The van der Waals surface area contributed by atoms with E-state index in [1.54, 1.807) is 0 Å². The Morgan fingerprint density at radius 1 is 1.83 bits per heavy atom. The van der Waals surface area contributed by atoms with E-state index in [2.05, 4.69) is 0 Å². The molecule has 0 saturated carbocycles. The van der Waals surface area contributed by atoms with Gasteiger partial charge in [0.25, 0.3) is 0 Å². The van der Waals surface area contributed by atoms with Gasteiger partial charge in [0.15, 0.2) is 0 Å². The molecule has 0 aromatic rings. The van der Waals surface area contributed by atoms with Gasteiger partial charge in [-0.2, -0.15) is 0 Å². The maximum absolute atomic E-state index is 5.37. The lowest BCUT2D eigenvalue weighted by atomic mass is 10.4. The predicted molar refractivity (Wildman–Crippen MR) is 25.1 cm³/mol. The first-order chi connectivity index (χ1) is 2.84. The van der Waals surface area contributed by atoms with E-state index in [9.17, 15) is 0 Å². The van der Waals surface area contributed by atoms with Crippen molar-refractivity contribution in [2.45, 2.75) is 19.1 Å². The molecule has 1 saturated heterocycles. The second-order valence-electron chi connectivity index (χ2n) is 1.53. The zero-order valence-electron chi connectivity index (χ0n) is 3.65. The Bertz CT molecular complexity index is 53.5. The highest BCUT2D eigenvalue weighted by atomic mass is 35.5. The van der Waals surface area contributed by atoms with Gasteiger partial charge in [0, 0.05) is 0 Å². The normalized spacial score (nSPS) is 43.0. The zero-order chi connectivity index (χ0) is 4.57. The lowest BCUT2D eigenvalue weighted by Crippen LogP contribution is -1.87. The summed E-state index contributed by atoms with van der Waals surface area (Å²) in [4.78, 5) is 0. The van der Waals surface area contributed by atoms with Gasteiger partial charge in [-0.05, 0) is 6.92 Å². The Kier molecular flexibility index (Phi) is 1.02. The third-order valence-corrected chi connectivity index (χ3v) is 1.29. The maximum Gasteiger partial charge on any atom is 0.0973 e. The summed E-state index contributed by atoms with van der Waals surface area (Å²) in [5, 5.41) is 0. The van der Waals surface area contributed by atoms with Gasteiger partial charge in [-0.3, -0.25) is 0 Å². The molecule has 2 atom stereocenters. The summed E-state index contributed by atoms with van der Waals surface area (Å²) >= 11 is 5.37. The van der Waals surface area contributed by atoms with Crippen LogP contribution in [0.3, 0.4) is 0 Å². The molecule has 0 amide bonds. The van der Waals surface area contributed by atoms with E-state index < -0.39 is 0 Å². The van der Waals surface area contributed by atoms with Crippen LogP contribution in [0.2, 0.25) is 0 Å². The Labute approximate surface area is 42.2 Å². The van der Waals surface area contributed by atoms with E-state index >= 15 is 0 Å². The summed E-state index contributed by atoms with van der Waals surface area (Å²) in [6, 6.07) is 0. The van der Waals surface area contributed by atoms with Crippen molar-refractivity contribution in [3.05, 3.63) is 0 Å². The Hall–Kier alpha value is 0.250. The van der Waals surface area contributed by atoms with Gasteiger partial charge in [0.1, 0.15) is 0 Å². The molecule has 0 aliphatic carbocycles. The molecule has 6 heavy (non-hydrogen) atoms. The summed E-state index contributed by atoms with van der Waals surface area (Å²) in [5.41, 5.74) is 0. The third kappa shape index (κ3) is 0.660. The monoisotopic (exact) mass is 106 g/mol. The highest BCUT2D eigenvalue weighted by Crippen LogP contribution is 2.21. The summed E-state index contributed by atoms with van der Waals surface area (Å²) < 4.78 is 4.93. The first-order valence-electron chi connectivity index (χ1n) is 2.06. The number of epoxide rings is 1. The Morgan fingerprint density at radius 2 is 2.33 bits per heavy atom. The van der Waals surface area contributed by atoms with Crippen molar-refractivity contribution in [3.63, 3.8) is 0 Å². The van der Waals surface area contributed by atoms with Gasteiger partial charge >= 0.3 is 0 Å². The first kappa shape index (κ1) is 4.41. The van der Waals surface area contributed by atoms with Crippen molar-refractivity contribution in [1.82, 2.24) is 0 Å². The standard InChI is InChI=1S/C4H7ClO/c1-3-4(2-5)6-3/h3-4H,2H2,1H3/t3-,4?/m0/s1. The van der Waals surface area contributed by atoms with E-state index in [0.717, 1.165) is 0 Å². The smallest absolute Gasteiger partial charge is 0.0973 e. The molecule has 0 spiro atoms. The summed E-state index contributed by atoms with van der Waals surface area (Å²) in [5.74, 6) is 0.654. The molecular weight excluding hydrogens is 99.5 g/mol. The molecule has 1 unspecified atom stereocenters. The number of hydrogen-bond acceptors (Lipinski definition) is 1. The highest BCUT2D eigenvalue weighted by Gasteiger charge is 2.32. The van der Waals surface area contributed by atoms with Gasteiger partial charge in [0.05, 0.1) is 18.1 Å². The third-order valence-electron chi connectivity index (χ3n) is 0.988. The van der Waals surface area contributed by atoms with Gasteiger partial charge in [-0.25, -0.2) is 0 Å². The van der Waals surface area contributed by atoms with Crippen LogP contribution in [0.5, 0.6) is 0 Å². The number of halogens is 1. The van der Waals surface area contributed by atoms with Crippen LogP contribution < -0.4 is 0 Å². The molecule has 0 bridgehead atoms. The molecule has 2 heteroatoms. The van der Waals surface area contributed by atoms with E-state index in [4.69, 9.17) is 16.3 Å². The lowest BCUT2D eigenvalue weighted by molar-refractivity contribution is 0.390. The van der Waals surface area contributed by atoms with Crippen LogP contribution in [0.15, 0.2) is 0 Å². The molecule has 1 heterocycles. The van der Waals surface area contributed by atoms with Crippen LogP contribution >= 0.6 is 11.6 Å². The summed E-state index contributed by atoms with van der Waals surface area (Å²) in [7, 11) is 0. The van der Waals surface area contributed by atoms with Crippen LogP contribution in [-0.2, 0) is 4.74 Å². The van der Waals surface area contributed by atoms with Crippen LogP contribution in [0.4, 0.5) is 0 Å². The minimum Gasteiger partial charge on any atom is -0.369 e. The molecule has 0 N–H and O–H groups in total. The molecule has 1 nitrogen and oxygen atoms in total. The second-order valence-corrected chi connectivity index (χ2v) is 1.84. The molecule has 0 aromatic heterocycles. The number of ether oxygens (including phenoxy) is 1. The van der Waals surface area contributed by atoms with Crippen LogP contribution in [0.1, 0.15) is 6.92 Å². The van der Waals surface area contributed by atoms with Crippen molar-refractivity contribution >= 4 is 11.6 Å². The Balaban J connectivity index is 2.09. The lowest BCUT2D eigenvalue weighted by Gasteiger charge is -1.70. The minimum atomic E-state index is 0.367. The van der Waals surface area contributed by atoms with Crippen molar-refractivity contribution in [3.8, 4) is 0 Å². The average Bonchev–Trinajstić information content (AvgIpc) is 2.19. The number of hydrogen-bond donors (Lipinski definition) is 0. The van der Waals surface area contributed by atoms with Crippen LogP contribution in [-0.4, -0.2) is 18.1 Å². The predicted octanol–water partition coefficient (Wildman–Crippen LogP) is 1.01. The molecule has 0 radical (unpaired) electrons. The average molecular weight is 107 g/mol. The quantitative estimate of drug-likeness (QED) is 0.359. The van der Waals surface area contributed by atoms with Crippen molar-refractivity contribution in [2.24, 2.45) is 0 Å². The molecule has 36 valence electrons. The van der Waals surface area contributed by atoms with E-state index in [-0.39, 0.29) is 0 Å². The first-order valence-corrected chi connectivity index (χ1v) is 2.59. The number of alkyl halides is 1. The molecule has 1 aliphatic heterocycles. The second kappa shape index (κ2) is 1.39. The minimum absolute atomic E-state index is 0.367. The molecular formula is C4H7ClO. The van der Waals surface area contributed by atoms with E-state index in [1.165, 1.54) is 0 Å². The van der Waals surface area contributed by atoms with Crippen molar-refractivity contribution < 1.29 is 4.74 Å². The zero-order valence-corrected chi connectivity index (χ0v) is 4.40. The molecule has 1 fully saturated rings. The summed E-state index contributed by atoms with van der Waals surface area (Å²) in [6.45, 7) is 2.02. The molecule has 1 rings (SSSR count). The van der Waals surface area contributed by atoms with E-state index in [1.807, 2.05) is 6.92 Å². The fraction of sp³-hybridized carbons (Fsp3) is 1.00. The van der Waals surface area contributed by atoms with E-state index in [0.29, 0.717) is 18.1 Å². The van der Waals surface area contributed by atoms with Gasteiger partial charge in [-0.1, -0.05) is 0 Å². The fourth-order valence-corrected chi connectivity index (χ4v) is 0.716.